The molecular weight excluding hydrogens is 294 g/mol. The van der Waals surface area contributed by atoms with Crippen LogP contribution in [-0.2, 0) is 0 Å². The molecule has 0 fully saturated rings. The van der Waals surface area contributed by atoms with Gasteiger partial charge in [-0.1, -0.05) is 66.2 Å². The molecule has 0 heterocycles. The maximum atomic E-state index is 9.35. The largest absolute Gasteiger partial charge is 0.488 e. The summed E-state index contributed by atoms with van der Waals surface area (Å²) in [5.74, 6) is 0. The van der Waals surface area contributed by atoms with Crippen molar-refractivity contribution < 1.29 is 10.0 Å². The Morgan fingerprint density at radius 1 is 0.636 bits per heavy atom. The van der Waals surface area contributed by atoms with Crippen molar-refractivity contribution in [2.75, 3.05) is 0 Å². The highest BCUT2D eigenvalue weighted by molar-refractivity contribution is 6.59. The van der Waals surface area contributed by atoms with Crippen LogP contribution in [0.15, 0.2) is 72.8 Å². The van der Waals surface area contributed by atoms with Crippen molar-refractivity contribution >= 4 is 24.2 Å². The van der Waals surface area contributed by atoms with Gasteiger partial charge >= 0.3 is 7.12 Å². The van der Waals surface area contributed by atoms with E-state index < -0.39 is 7.12 Å². The molecule has 0 spiro atoms. The van der Waals surface area contributed by atoms with Crippen molar-refractivity contribution in [1.29, 1.82) is 0 Å². The Kier molecular flexibility index (Phi) is 4.30. The normalized spacial score (nSPS) is 10.5. The molecule has 3 aromatic rings. The molecule has 4 heteroatoms. The fourth-order valence-corrected chi connectivity index (χ4v) is 2.68. The molecule has 0 atom stereocenters. The molecule has 0 saturated carbocycles. The van der Waals surface area contributed by atoms with Crippen LogP contribution in [0.3, 0.4) is 0 Å². The van der Waals surface area contributed by atoms with Crippen LogP contribution >= 0.6 is 11.6 Å². The highest BCUT2D eigenvalue weighted by atomic mass is 35.5. The van der Waals surface area contributed by atoms with Gasteiger partial charge in [0.05, 0.1) is 0 Å². The first-order valence-electron chi connectivity index (χ1n) is 6.96. The zero-order chi connectivity index (χ0) is 15.5. The van der Waals surface area contributed by atoms with E-state index in [4.69, 9.17) is 11.6 Å². The summed E-state index contributed by atoms with van der Waals surface area (Å²) < 4.78 is 0. The molecule has 0 aliphatic carbocycles. The minimum absolute atomic E-state index is 0.382. The first-order valence-corrected chi connectivity index (χ1v) is 7.34. The summed E-state index contributed by atoms with van der Waals surface area (Å²) in [5.41, 5.74) is 4.45. The van der Waals surface area contributed by atoms with Crippen molar-refractivity contribution in [2.45, 2.75) is 0 Å². The van der Waals surface area contributed by atoms with E-state index >= 15 is 0 Å². The summed E-state index contributed by atoms with van der Waals surface area (Å²) in [6, 6.07) is 23.3. The summed E-state index contributed by atoms with van der Waals surface area (Å²) in [6.45, 7) is 0. The van der Waals surface area contributed by atoms with Crippen molar-refractivity contribution in [1.82, 2.24) is 0 Å². The van der Waals surface area contributed by atoms with Crippen molar-refractivity contribution in [3.63, 3.8) is 0 Å². The maximum absolute atomic E-state index is 9.35. The van der Waals surface area contributed by atoms with Gasteiger partial charge in [0.2, 0.25) is 0 Å². The highest BCUT2D eigenvalue weighted by Crippen LogP contribution is 2.27. The van der Waals surface area contributed by atoms with E-state index in [0.717, 1.165) is 22.3 Å². The van der Waals surface area contributed by atoms with E-state index in [1.165, 1.54) is 0 Å². The molecule has 3 rings (SSSR count). The average Bonchev–Trinajstić information content (AvgIpc) is 2.55. The van der Waals surface area contributed by atoms with Gasteiger partial charge in [0, 0.05) is 5.02 Å². The molecular formula is C18H14BClO2. The summed E-state index contributed by atoms with van der Waals surface area (Å²) in [7, 11) is -1.53. The third kappa shape index (κ3) is 3.23. The van der Waals surface area contributed by atoms with Crippen molar-refractivity contribution in [3.05, 3.63) is 77.8 Å². The molecule has 0 radical (unpaired) electrons. The van der Waals surface area contributed by atoms with Crippen LogP contribution in [0.25, 0.3) is 22.3 Å². The van der Waals surface area contributed by atoms with Gasteiger partial charge in [-0.2, -0.15) is 0 Å². The van der Waals surface area contributed by atoms with Gasteiger partial charge in [-0.25, -0.2) is 0 Å². The Morgan fingerprint density at radius 3 is 1.95 bits per heavy atom. The van der Waals surface area contributed by atoms with E-state index in [2.05, 4.69) is 18.2 Å². The van der Waals surface area contributed by atoms with Gasteiger partial charge in [0.25, 0.3) is 0 Å². The second-order valence-corrected chi connectivity index (χ2v) is 5.53. The van der Waals surface area contributed by atoms with Gasteiger partial charge < -0.3 is 10.0 Å². The van der Waals surface area contributed by atoms with Crippen LogP contribution in [0.1, 0.15) is 0 Å². The lowest BCUT2D eigenvalue weighted by atomic mass is 9.79. The summed E-state index contributed by atoms with van der Waals surface area (Å²) in [6.07, 6.45) is 0. The zero-order valence-corrected chi connectivity index (χ0v) is 12.5. The molecule has 22 heavy (non-hydrogen) atoms. The van der Waals surface area contributed by atoms with E-state index in [1.54, 1.807) is 12.1 Å². The molecule has 0 aliphatic rings. The molecule has 0 bridgehead atoms. The first-order chi connectivity index (χ1) is 10.6. The van der Waals surface area contributed by atoms with Crippen LogP contribution in [0.2, 0.25) is 5.02 Å². The summed E-state index contributed by atoms with van der Waals surface area (Å²) >= 11 is 6.08. The number of rotatable bonds is 3. The highest BCUT2D eigenvalue weighted by Gasteiger charge is 2.13. The Morgan fingerprint density at radius 2 is 1.27 bits per heavy atom. The molecule has 0 amide bonds. The van der Waals surface area contributed by atoms with Gasteiger partial charge in [-0.15, -0.1) is 0 Å². The predicted octanol–water partition coefficient (Wildman–Crippen LogP) is 3.35. The van der Waals surface area contributed by atoms with Gasteiger partial charge in [-0.3, -0.25) is 0 Å². The third-order valence-electron chi connectivity index (χ3n) is 3.52. The van der Waals surface area contributed by atoms with Gasteiger partial charge in [0.15, 0.2) is 0 Å². The maximum Gasteiger partial charge on any atom is 0.488 e. The lowest BCUT2D eigenvalue weighted by Crippen LogP contribution is -2.29. The van der Waals surface area contributed by atoms with Gasteiger partial charge in [-0.05, 0) is 45.9 Å². The Hall–Kier alpha value is -2.07. The van der Waals surface area contributed by atoms with E-state index in [9.17, 15) is 10.0 Å². The molecule has 2 N–H and O–H groups in total. The smallest absolute Gasteiger partial charge is 0.423 e. The van der Waals surface area contributed by atoms with Crippen molar-refractivity contribution in [2.24, 2.45) is 0 Å². The van der Waals surface area contributed by atoms with Crippen LogP contribution in [0.4, 0.5) is 0 Å². The van der Waals surface area contributed by atoms with E-state index in [-0.39, 0.29) is 0 Å². The minimum atomic E-state index is -1.53. The molecule has 0 saturated heterocycles. The molecule has 0 aromatic heterocycles. The summed E-state index contributed by atoms with van der Waals surface area (Å²) in [5, 5.41) is 19.2. The minimum Gasteiger partial charge on any atom is -0.423 e. The lowest BCUT2D eigenvalue weighted by molar-refractivity contribution is 0.426. The lowest BCUT2D eigenvalue weighted by Gasteiger charge is -2.09. The Balaban J connectivity index is 2.06. The van der Waals surface area contributed by atoms with Crippen LogP contribution in [0, 0.1) is 0 Å². The second-order valence-electron chi connectivity index (χ2n) is 5.09. The first kappa shape index (κ1) is 14.9. The van der Waals surface area contributed by atoms with Crippen LogP contribution in [0.5, 0.6) is 0 Å². The predicted molar refractivity (Wildman–Crippen MR) is 92.1 cm³/mol. The second kappa shape index (κ2) is 6.36. The van der Waals surface area contributed by atoms with E-state index in [0.29, 0.717) is 10.5 Å². The van der Waals surface area contributed by atoms with Gasteiger partial charge in [0.1, 0.15) is 0 Å². The number of halogens is 1. The number of hydrogen-bond donors (Lipinski definition) is 2. The van der Waals surface area contributed by atoms with E-state index in [1.807, 2.05) is 42.5 Å². The van der Waals surface area contributed by atoms with Crippen LogP contribution < -0.4 is 5.46 Å². The standard InChI is InChI=1S/C18H14BClO2/c20-18-11-16(10-17(12-18)19(21)22)15-8-4-7-14(9-15)13-5-2-1-3-6-13/h1-12,21-22H. The number of benzene rings is 3. The average molecular weight is 309 g/mol. The SMILES string of the molecule is OB(O)c1cc(Cl)cc(-c2cccc(-c3ccccc3)c2)c1. The quantitative estimate of drug-likeness (QED) is 0.729. The monoisotopic (exact) mass is 308 g/mol. The Bertz CT molecular complexity index is 788. The molecule has 2 nitrogen and oxygen atoms in total. The topological polar surface area (TPSA) is 40.5 Å². The van der Waals surface area contributed by atoms with Crippen molar-refractivity contribution in [3.8, 4) is 22.3 Å². The molecule has 108 valence electrons. The molecule has 3 aromatic carbocycles. The zero-order valence-electron chi connectivity index (χ0n) is 11.8. The molecule has 0 aliphatic heterocycles. The fourth-order valence-electron chi connectivity index (χ4n) is 2.44. The third-order valence-corrected chi connectivity index (χ3v) is 3.74. The number of hydrogen-bond acceptors (Lipinski definition) is 2. The molecule has 0 unspecified atom stereocenters. The summed E-state index contributed by atoms with van der Waals surface area (Å²) in [4.78, 5) is 0. The van der Waals surface area contributed by atoms with Crippen LogP contribution in [-0.4, -0.2) is 17.2 Å². The fraction of sp³-hybridized carbons (Fsp3) is 0. The Labute approximate surface area is 134 Å².